The summed E-state index contributed by atoms with van der Waals surface area (Å²) in [5.41, 5.74) is -0.0776. The van der Waals surface area contributed by atoms with Crippen LogP contribution >= 0.6 is 11.6 Å². The van der Waals surface area contributed by atoms with Gasteiger partial charge in [-0.3, -0.25) is 0 Å². The second-order valence-corrected chi connectivity index (χ2v) is 19.8. The summed E-state index contributed by atoms with van der Waals surface area (Å²) in [5.74, 6) is -0.400. The van der Waals surface area contributed by atoms with Gasteiger partial charge >= 0.3 is 6.09 Å². The Bertz CT molecular complexity index is 1420. The SMILES string of the molecule is CC(C)(C)OC(=O)N1CCC(COC(c2cc(Cl)cc3cn(COCC[Si](C)(C)C)nc23)C(F)F)(c2ccc(F)cc2)CC1. The lowest BCUT2D eigenvalue weighted by molar-refractivity contribution is -0.0803. The lowest BCUT2D eigenvalue weighted by atomic mass is 9.73. The van der Waals surface area contributed by atoms with E-state index < -0.39 is 43.5 Å². The molecule has 242 valence electrons. The van der Waals surface area contributed by atoms with Gasteiger partial charge in [0.15, 0.2) is 0 Å². The monoisotopic (exact) mass is 653 g/mol. The van der Waals surface area contributed by atoms with E-state index in [1.165, 1.54) is 18.2 Å². The fourth-order valence-corrected chi connectivity index (χ4v) is 6.30. The van der Waals surface area contributed by atoms with E-state index in [0.717, 1.165) is 11.6 Å². The summed E-state index contributed by atoms with van der Waals surface area (Å²) in [6.45, 7) is 13.6. The van der Waals surface area contributed by atoms with E-state index in [1.54, 1.807) is 54.7 Å². The largest absolute Gasteiger partial charge is 0.444 e. The van der Waals surface area contributed by atoms with Crippen molar-refractivity contribution in [2.45, 2.75) is 89.6 Å². The Morgan fingerprint density at radius 3 is 2.36 bits per heavy atom. The maximum absolute atomic E-state index is 14.7. The number of fused-ring (bicyclic) bond motifs is 1. The zero-order chi connectivity index (χ0) is 32.3. The van der Waals surface area contributed by atoms with Crippen molar-refractivity contribution in [3.63, 3.8) is 0 Å². The van der Waals surface area contributed by atoms with Gasteiger partial charge in [-0.1, -0.05) is 43.4 Å². The van der Waals surface area contributed by atoms with E-state index in [-0.39, 0.29) is 18.9 Å². The first-order valence-electron chi connectivity index (χ1n) is 14.9. The number of rotatable bonds is 11. The van der Waals surface area contributed by atoms with Gasteiger partial charge in [-0.2, -0.15) is 5.10 Å². The minimum atomic E-state index is -2.87. The van der Waals surface area contributed by atoms with E-state index in [2.05, 4.69) is 24.7 Å². The Morgan fingerprint density at radius 2 is 1.77 bits per heavy atom. The highest BCUT2D eigenvalue weighted by atomic mass is 35.5. The van der Waals surface area contributed by atoms with Crippen molar-refractivity contribution < 1.29 is 32.2 Å². The molecule has 44 heavy (non-hydrogen) atoms. The minimum absolute atomic E-state index is 0.0791. The van der Waals surface area contributed by atoms with E-state index >= 15 is 0 Å². The summed E-state index contributed by atoms with van der Waals surface area (Å²) in [7, 11) is -1.26. The van der Waals surface area contributed by atoms with E-state index in [0.29, 0.717) is 48.5 Å². The van der Waals surface area contributed by atoms with Crippen LogP contribution in [0.3, 0.4) is 0 Å². The molecule has 1 unspecified atom stereocenters. The van der Waals surface area contributed by atoms with Crippen LogP contribution in [-0.2, 0) is 26.4 Å². The molecule has 1 atom stereocenters. The lowest BCUT2D eigenvalue weighted by Gasteiger charge is -2.42. The highest BCUT2D eigenvalue weighted by Crippen LogP contribution is 2.40. The molecule has 1 amide bonds. The molecule has 0 N–H and O–H groups in total. The maximum atomic E-state index is 14.7. The van der Waals surface area contributed by atoms with Crippen LogP contribution in [-0.4, -0.2) is 67.2 Å². The minimum Gasteiger partial charge on any atom is -0.444 e. The first-order valence-corrected chi connectivity index (χ1v) is 19.0. The highest BCUT2D eigenvalue weighted by Gasteiger charge is 2.41. The average Bonchev–Trinajstić information content (AvgIpc) is 3.33. The number of aromatic nitrogens is 2. The van der Waals surface area contributed by atoms with Gasteiger partial charge in [0.1, 0.15) is 24.3 Å². The van der Waals surface area contributed by atoms with Crippen LogP contribution in [0.15, 0.2) is 42.6 Å². The Balaban J connectivity index is 1.57. The van der Waals surface area contributed by atoms with Crippen molar-refractivity contribution in [1.29, 1.82) is 0 Å². The third-order valence-electron chi connectivity index (χ3n) is 7.77. The number of ether oxygens (including phenoxy) is 3. The molecular formula is C32H43ClF3N3O4Si. The van der Waals surface area contributed by atoms with Crippen molar-refractivity contribution in [3.8, 4) is 0 Å². The summed E-state index contributed by atoms with van der Waals surface area (Å²) in [4.78, 5) is 14.3. The van der Waals surface area contributed by atoms with Crippen LogP contribution in [0.25, 0.3) is 10.9 Å². The molecule has 0 radical (unpaired) electrons. The van der Waals surface area contributed by atoms with Gasteiger partial charge in [0, 0.05) is 55.4 Å². The fraction of sp³-hybridized carbons (Fsp3) is 0.562. The Morgan fingerprint density at radius 1 is 1.11 bits per heavy atom. The quantitative estimate of drug-likeness (QED) is 0.154. The lowest BCUT2D eigenvalue weighted by Crippen LogP contribution is -2.48. The second kappa shape index (κ2) is 13.8. The fourth-order valence-electron chi connectivity index (χ4n) is 5.30. The van der Waals surface area contributed by atoms with Gasteiger partial charge in [-0.05, 0) is 69.5 Å². The molecule has 4 rings (SSSR count). The Labute approximate surface area is 263 Å². The second-order valence-electron chi connectivity index (χ2n) is 13.8. The molecule has 0 aliphatic carbocycles. The van der Waals surface area contributed by atoms with Crippen LogP contribution in [0, 0.1) is 5.82 Å². The van der Waals surface area contributed by atoms with Crippen molar-refractivity contribution >= 4 is 36.7 Å². The molecule has 0 spiro atoms. The molecular weight excluding hydrogens is 611 g/mol. The molecule has 1 fully saturated rings. The van der Waals surface area contributed by atoms with Crippen LogP contribution in [0.2, 0.25) is 30.7 Å². The third kappa shape index (κ3) is 8.99. The molecule has 1 aromatic heterocycles. The number of nitrogens with zero attached hydrogens (tertiary/aromatic N) is 3. The number of halogens is 4. The molecule has 1 aliphatic heterocycles. The van der Waals surface area contributed by atoms with Gasteiger partial charge in [-0.15, -0.1) is 0 Å². The summed E-state index contributed by atoms with van der Waals surface area (Å²) < 4.78 is 62.3. The standard InChI is InChI=1S/C32H43ClF3N3O4Si/c1-31(2,3)43-30(40)38-13-11-32(12-14-38,23-7-9-25(34)10-8-23)20-42-28(29(35)36)26-18-24(33)17-22-19-39(37-27(22)26)21-41-15-16-44(4,5)6/h7-10,17-19,28-29H,11-16,20-21H2,1-6H3. The van der Waals surface area contributed by atoms with Gasteiger partial charge in [0.2, 0.25) is 0 Å². The van der Waals surface area contributed by atoms with Gasteiger partial charge in [-0.25, -0.2) is 22.6 Å². The number of alkyl halides is 2. The van der Waals surface area contributed by atoms with Gasteiger partial charge < -0.3 is 19.1 Å². The summed E-state index contributed by atoms with van der Waals surface area (Å²) in [6.07, 6.45) is -2.35. The first kappa shape index (κ1) is 34.3. The Hall–Kier alpha value is -2.60. The first-order chi connectivity index (χ1) is 20.6. The number of hydrogen-bond acceptors (Lipinski definition) is 5. The van der Waals surface area contributed by atoms with Gasteiger partial charge in [0.25, 0.3) is 6.43 Å². The molecule has 1 aliphatic rings. The normalized spacial score (nSPS) is 16.5. The highest BCUT2D eigenvalue weighted by molar-refractivity contribution is 6.76. The molecule has 1 saturated heterocycles. The number of carbonyl (C=O) groups excluding carboxylic acids is 1. The number of hydrogen-bond donors (Lipinski definition) is 0. The number of piperidine rings is 1. The summed E-state index contributed by atoms with van der Waals surface area (Å²) >= 11 is 6.39. The van der Waals surface area contributed by atoms with Crippen LogP contribution in [0.4, 0.5) is 18.0 Å². The number of likely N-dealkylation sites (tertiary alicyclic amines) is 1. The molecule has 7 nitrogen and oxygen atoms in total. The molecule has 0 saturated carbocycles. The van der Waals surface area contributed by atoms with Crippen molar-refractivity contribution in [3.05, 3.63) is 64.6 Å². The zero-order valence-corrected chi connectivity index (χ0v) is 28.1. The van der Waals surface area contributed by atoms with E-state index in [1.807, 2.05) is 0 Å². The summed E-state index contributed by atoms with van der Waals surface area (Å²) in [6, 6.07) is 10.2. The van der Waals surface area contributed by atoms with Crippen molar-refractivity contribution in [1.82, 2.24) is 14.7 Å². The van der Waals surface area contributed by atoms with Gasteiger partial charge in [0.05, 0.1) is 12.1 Å². The zero-order valence-electron chi connectivity index (χ0n) is 26.3. The van der Waals surface area contributed by atoms with Crippen LogP contribution < -0.4 is 0 Å². The average molecular weight is 654 g/mol. The smallest absolute Gasteiger partial charge is 0.410 e. The molecule has 3 aromatic rings. The van der Waals surface area contributed by atoms with Crippen molar-refractivity contribution in [2.75, 3.05) is 26.3 Å². The topological polar surface area (TPSA) is 65.8 Å². The molecule has 0 bridgehead atoms. The molecule has 2 heterocycles. The predicted molar refractivity (Wildman–Crippen MR) is 169 cm³/mol. The third-order valence-corrected chi connectivity index (χ3v) is 9.70. The number of carbonyl (C=O) groups is 1. The molecule has 2 aromatic carbocycles. The summed E-state index contributed by atoms with van der Waals surface area (Å²) in [5, 5.41) is 5.46. The van der Waals surface area contributed by atoms with Crippen molar-refractivity contribution in [2.24, 2.45) is 0 Å². The maximum Gasteiger partial charge on any atom is 0.410 e. The Kier molecular flexibility index (Phi) is 10.8. The van der Waals surface area contributed by atoms with E-state index in [4.69, 9.17) is 25.8 Å². The van der Waals surface area contributed by atoms with E-state index in [9.17, 15) is 18.0 Å². The van der Waals surface area contributed by atoms with Crippen LogP contribution in [0.1, 0.15) is 50.8 Å². The van der Waals surface area contributed by atoms with Crippen LogP contribution in [0.5, 0.6) is 0 Å². The number of benzene rings is 2. The molecule has 12 heteroatoms. The number of amides is 1. The predicted octanol–water partition coefficient (Wildman–Crippen LogP) is 8.43.